The molecule has 0 saturated heterocycles. The summed E-state index contributed by atoms with van der Waals surface area (Å²) < 4.78 is 113. The van der Waals surface area contributed by atoms with Crippen molar-refractivity contribution in [3.63, 3.8) is 0 Å². The van der Waals surface area contributed by atoms with Crippen LogP contribution in [-0.2, 0) is 39.3 Å². The monoisotopic (exact) mass is 642 g/mol. The molecule has 0 radical (unpaired) electrons. The summed E-state index contributed by atoms with van der Waals surface area (Å²) in [7, 11) is -4.24. The highest BCUT2D eigenvalue weighted by Crippen LogP contribution is 2.40. The zero-order valence-corrected chi connectivity index (χ0v) is 23.5. The summed E-state index contributed by atoms with van der Waals surface area (Å²) in [6, 6.07) is 11.9. The average molecular weight is 643 g/mol. The summed E-state index contributed by atoms with van der Waals surface area (Å²) in [6.45, 7) is 1.47. The average Bonchev–Trinajstić information content (AvgIpc) is 3.52. The Hall–Kier alpha value is -3.98. The number of aromatic nitrogens is 1. The number of carboxylic acids is 1. The maximum atomic E-state index is 13.4. The number of nitrogens with zero attached hydrogens (tertiary/aromatic N) is 2. The molecule has 43 heavy (non-hydrogen) atoms. The number of hydrogen-bond donors (Lipinski definition) is 1. The van der Waals surface area contributed by atoms with E-state index in [-0.39, 0.29) is 40.3 Å². The van der Waals surface area contributed by atoms with E-state index in [4.69, 9.17) is 4.42 Å². The van der Waals surface area contributed by atoms with E-state index in [2.05, 4.69) is 4.98 Å². The van der Waals surface area contributed by atoms with Crippen molar-refractivity contribution in [1.29, 1.82) is 0 Å². The Morgan fingerprint density at radius 3 is 2.19 bits per heavy atom. The molecular weight excluding hydrogens is 622 g/mol. The van der Waals surface area contributed by atoms with Crippen molar-refractivity contribution in [2.75, 3.05) is 4.31 Å². The first-order chi connectivity index (χ1) is 20.1. The van der Waals surface area contributed by atoms with Gasteiger partial charge in [-0.3, -0.25) is 4.31 Å². The van der Waals surface area contributed by atoms with Crippen LogP contribution in [0, 0.1) is 6.92 Å². The highest BCUT2D eigenvalue weighted by Gasteiger charge is 2.42. The van der Waals surface area contributed by atoms with Crippen LogP contribution in [-0.4, -0.2) is 30.5 Å². The molecule has 3 aromatic carbocycles. The zero-order chi connectivity index (χ0) is 31.3. The van der Waals surface area contributed by atoms with E-state index < -0.39 is 57.0 Å². The number of benzene rings is 3. The number of sulfonamides is 1. The van der Waals surface area contributed by atoms with Crippen LogP contribution >= 0.6 is 11.8 Å². The van der Waals surface area contributed by atoms with Gasteiger partial charge < -0.3 is 9.52 Å². The van der Waals surface area contributed by atoms with Gasteiger partial charge in [-0.1, -0.05) is 18.2 Å². The number of fused-ring (bicyclic) bond motifs is 1. The Kier molecular flexibility index (Phi) is 7.75. The van der Waals surface area contributed by atoms with Crippen LogP contribution in [0.4, 0.5) is 32.0 Å². The minimum absolute atomic E-state index is 0.0181. The Balaban J connectivity index is 1.35. The molecule has 0 fully saturated rings. The van der Waals surface area contributed by atoms with Crippen LogP contribution in [0.5, 0.6) is 0 Å². The highest BCUT2D eigenvalue weighted by atomic mass is 32.2. The fourth-order valence-corrected chi connectivity index (χ4v) is 7.12. The van der Waals surface area contributed by atoms with Crippen LogP contribution in [0.15, 0.2) is 80.9 Å². The molecule has 1 aliphatic rings. The lowest BCUT2D eigenvalue weighted by atomic mass is 10.0. The Bertz CT molecular complexity index is 1770. The van der Waals surface area contributed by atoms with E-state index in [1.807, 2.05) is 0 Å². The summed E-state index contributed by atoms with van der Waals surface area (Å²) in [4.78, 5) is 16.4. The molecule has 4 aromatic rings. The number of thioether (sulfide) groups is 1. The first kappa shape index (κ1) is 30.5. The van der Waals surface area contributed by atoms with Gasteiger partial charge in [-0.15, -0.1) is 11.8 Å². The van der Waals surface area contributed by atoms with Crippen LogP contribution < -0.4 is 4.31 Å². The zero-order valence-electron chi connectivity index (χ0n) is 21.9. The first-order valence-electron chi connectivity index (χ1n) is 12.4. The van der Waals surface area contributed by atoms with Gasteiger partial charge in [0.1, 0.15) is 11.8 Å². The van der Waals surface area contributed by atoms with Crippen LogP contribution in [0.2, 0.25) is 0 Å². The van der Waals surface area contributed by atoms with E-state index in [0.717, 1.165) is 4.31 Å². The lowest BCUT2D eigenvalue weighted by molar-refractivity contribution is -0.143. The van der Waals surface area contributed by atoms with Gasteiger partial charge in [-0.05, 0) is 61.0 Å². The Morgan fingerprint density at radius 2 is 1.60 bits per heavy atom. The number of halogens is 6. The molecule has 5 rings (SSSR count). The fourth-order valence-electron chi connectivity index (χ4n) is 4.58. The van der Waals surface area contributed by atoms with Crippen molar-refractivity contribution in [1.82, 2.24) is 4.98 Å². The van der Waals surface area contributed by atoms with E-state index in [1.54, 1.807) is 18.2 Å². The minimum atomic E-state index is -5.03. The maximum Gasteiger partial charge on any atom is 0.416 e. The molecule has 1 atom stereocenters. The van der Waals surface area contributed by atoms with Crippen molar-refractivity contribution in [2.24, 2.45) is 0 Å². The van der Waals surface area contributed by atoms with Gasteiger partial charge in [0.15, 0.2) is 0 Å². The molecule has 1 aliphatic heterocycles. The van der Waals surface area contributed by atoms with E-state index >= 15 is 0 Å². The van der Waals surface area contributed by atoms with Gasteiger partial charge in [0.05, 0.1) is 27.4 Å². The molecule has 0 bridgehead atoms. The summed E-state index contributed by atoms with van der Waals surface area (Å²) in [6.07, 6.45) is -10.0. The molecule has 226 valence electrons. The number of oxazole rings is 1. The maximum absolute atomic E-state index is 13.4. The summed E-state index contributed by atoms with van der Waals surface area (Å²) in [5, 5.41) is 9.66. The topological polar surface area (TPSA) is 101 Å². The van der Waals surface area contributed by atoms with Crippen LogP contribution in [0.25, 0.3) is 11.5 Å². The molecule has 1 unspecified atom stereocenters. The second-order valence-corrected chi connectivity index (χ2v) is 12.4. The summed E-state index contributed by atoms with van der Waals surface area (Å²) in [5.74, 6) is -1.41. The predicted octanol–water partition coefficient (Wildman–Crippen LogP) is 7.18. The number of anilines is 1. The van der Waals surface area contributed by atoms with Gasteiger partial charge in [0, 0.05) is 22.6 Å². The third kappa shape index (κ3) is 6.09. The lowest BCUT2D eigenvalue weighted by Crippen LogP contribution is -2.42. The summed E-state index contributed by atoms with van der Waals surface area (Å²) in [5.41, 5.74) is -2.33. The van der Waals surface area contributed by atoms with Crippen LogP contribution in [0.1, 0.15) is 28.1 Å². The highest BCUT2D eigenvalue weighted by molar-refractivity contribution is 7.98. The lowest BCUT2D eigenvalue weighted by Gasteiger charge is -2.24. The molecule has 1 N–H and O–H groups in total. The second kappa shape index (κ2) is 10.9. The van der Waals surface area contributed by atoms with Gasteiger partial charge >= 0.3 is 18.3 Å². The summed E-state index contributed by atoms with van der Waals surface area (Å²) >= 11 is 1.17. The fraction of sp³-hybridized carbons (Fsp3) is 0.214. The standard InChI is InChI=1S/C28H20F6N2O5S2/c1-15-22(35-25(41-15)17-10-18(27(29,30)31)13-19(11-17)28(32,33)34)14-42-20-6-8-21(9-7-20)43(39,40)36-23-5-3-2-4-16(23)12-24(36)26(37)38/h2-11,13,24H,12,14H2,1H3,(H,37,38). The number of aryl methyl sites for hydroxylation is 1. The number of hydrogen-bond acceptors (Lipinski definition) is 6. The molecular formula is C28H20F6N2O5S2. The van der Waals surface area contributed by atoms with Gasteiger partial charge in [-0.25, -0.2) is 18.2 Å². The van der Waals surface area contributed by atoms with E-state index in [9.17, 15) is 44.7 Å². The third-order valence-electron chi connectivity index (χ3n) is 6.69. The first-order valence-corrected chi connectivity index (χ1v) is 14.8. The molecule has 7 nitrogen and oxygen atoms in total. The van der Waals surface area contributed by atoms with Crippen LogP contribution in [0.3, 0.4) is 0 Å². The molecule has 1 aromatic heterocycles. The SMILES string of the molecule is Cc1oc(-c2cc(C(F)(F)F)cc(C(F)(F)F)c2)nc1CSc1ccc(S(=O)(=O)N2c3ccccc3CC2C(=O)O)cc1. The van der Waals surface area contributed by atoms with Gasteiger partial charge in [0.2, 0.25) is 5.89 Å². The number of carbonyl (C=O) groups is 1. The van der Waals surface area contributed by atoms with Crippen molar-refractivity contribution in [2.45, 2.75) is 47.3 Å². The molecule has 0 aliphatic carbocycles. The second-order valence-electron chi connectivity index (χ2n) is 9.56. The third-order valence-corrected chi connectivity index (χ3v) is 9.55. The largest absolute Gasteiger partial charge is 0.480 e. The Morgan fingerprint density at radius 1 is 1.00 bits per heavy atom. The molecule has 2 heterocycles. The number of rotatable bonds is 7. The molecule has 0 saturated carbocycles. The molecule has 15 heteroatoms. The number of para-hydroxylation sites is 1. The van der Waals surface area contributed by atoms with Gasteiger partial charge in [-0.2, -0.15) is 26.3 Å². The van der Waals surface area contributed by atoms with Crippen molar-refractivity contribution < 1.29 is 49.1 Å². The predicted molar refractivity (Wildman–Crippen MR) is 144 cm³/mol. The number of aliphatic carboxylic acids is 1. The van der Waals surface area contributed by atoms with Crippen molar-refractivity contribution in [3.05, 3.63) is 94.9 Å². The number of alkyl halides is 6. The molecule has 0 spiro atoms. The smallest absolute Gasteiger partial charge is 0.416 e. The van der Waals surface area contributed by atoms with E-state index in [0.29, 0.717) is 22.6 Å². The van der Waals surface area contributed by atoms with E-state index in [1.165, 1.54) is 49.0 Å². The van der Waals surface area contributed by atoms with Crippen molar-refractivity contribution in [3.8, 4) is 11.5 Å². The number of carboxylic acid groups (broad SMARTS) is 1. The minimum Gasteiger partial charge on any atom is -0.480 e. The normalized spacial score (nSPS) is 15.5. The van der Waals surface area contributed by atoms with Gasteiger partial charge in [0.25, 0.3) is 10.0 Å². The Labute approximate surface area is 245 Å². The molecule has 0 amide bonds. The quantitative estimate of drug-likeness (QED) is 0.168. The van der Waals surface area contributed by atoms with Crippen molar-refractivity contribution >= 4 is 33.4 Å².